The van der Waals surface area contributed by atoms with Crippen LogP contribution in [0.4, 0.5) is 5.00 Å². The minimum atomic E-state index is -0.346. The molecule has 1 aromatic heterocycles. The first kappa shape index (κ1) is 20.2. The van der Waals surface area contributed by atoms with Gasteiger partial charge in [0, 0.05) is 19.0 Å². The Balaban J connectivity index is 2.20. The van der Waals surface area contributed by atoms with Gasteiger partial charge in [-0.2, -0.15) is 0 Å². The van der Waals surface area contributed by atoms with E-state index in [-0.39, 0.29) is 17.1 Å². The first-order chi connectivity index (χ1) is 11.8. The van der Waals surface area contributed by atoms with Gasteiger partial charge in [0.15, 0.2) is 0 Å². The summed E-state index contributed by atoms with van der Waals surface area (Å²) in [4.78, 5) is 28.0. The van der Waals surface area contributed by atoms with Crippen LogP contribution in [0.5, 0.6) is 0 Å². The predicted octanol–water partition coefficient (Wildman–Crippen LogP) is 3.71. The van der Waals surface area contributed by atoms with Crippen LogP contribution in [-0.2, 0) is 22.4 Å². The fourth-order valence-corrected chi connectivity index (χ4v) is 4.99. The van der Waals surface area contributed by atoms with Crippen LogP contribution in [0.25, 0.3) is 0 Å². The molecular formula is C17H24N2O3S3. The van der Waals surface area contributed by atoms with Crippen molar-refractivity contribution in [2.75, 3.05) is 26.0 Å². The SMILES string of the molecule is CCOC(=O)c1c(NC(=O)[C@@H](C)SC(=S)N(C)C)sc2c1CCCC2. The first-order valence-electron chi connectivity index (χ1n) is 8.35. The Bertz CT molecular complexity index is 670. The summed E-state index contributed by atoms with van der Waals surface area (Å²) in [6.07, 6.45) is 4.00. The number of nitrogens with one attached hydrogen (secondary N) is 1. The van der Waals surface area contributed by atoms with Gasteiger partial charge in [-0.1, -0.05) is 24.0 Å². The molecule has 1 heterocycles. The highest BCUT2D eigenvalue weighted by molar-refractivity contribution is 8.23. The minimum absolute atomic E-state index is 0.154. The Kier molecular flexibility index (Phi) is 7.27. The van der Waals surface area contributed by atoms with Gasteiger partial charge in [0.05, 0.1) is 17.4 Å². The molecule has 1 aliphatic carbocycles. The molecule has 0 saturated heterocycles. The third-order valence-corrected chi connectivity index (χ3v) is 6.90. The van der Waals surface area contributed by atoms with Gasteiger partial charge >= 0.3 is 5.97 Å². The van der Waals surface area contributed by atoms with Crippen molar-refractivity contribution in [3.8, 4) is 0 Å². The van der Waals surface area contributed by atoms with E-state index in [1.807, 2.05) is 21.0 Å². The number of thioether (sulfide) groups is 1. The molecular weight excluding hydrogens is 376 g/mol. The Morgan fingerprint density at radius 3 is 2.68 bits per heavy atom. The lowest BCUT2D eigenvalue weighted by atomic mass is 9.95. The largest absolute Gasteiger partial charge is 0.462 e. The Hall–Kier alpha value is -1.12. The Morgan fingerprint density at radius 2 is 2.04 bits per heavy atom. The molecule has 0 fully saturated rings. The Labute approximate surface area is 162 Å². The quantitative estimate of drug-likeness (QED) is 0.601. The van der Waals surface area contributed by atoms with E-state index in [1.54, 1.807) is 11.8 Å². The highest BCUT2D eigenvalue weighted by Gasteiger charge is 2.28. The van der Waals surface area contributed by atoms with Crippen LogP contribution < -0.4 is 5.32 Å². The summed E-state index contributed by atoms with van der Waals surface area (Å²) in [5.41, 5.74) is 1.59. The molecule has 1 aromatic rings. The number of rotatable bonds is 5. The van der Waals surface area contributed by atoms with Crippen LogP contribution in [0.3, 0.4) is 0 Å². The summed E-state index contributed by atoms with van der Waals surface area (Å²) < 4.78 is 5.87. The van der Waals surface area contributed by atoms with Crippen molar-refractivity contribution < 1.29 is 14.3 Å². The normalized spacial score (nSPS) is 14.4. The second kappa shape index (κ2) is 9.00. The maximum atomic E-state index is 12.6. The number of amides is 1. The fraction of sp³-hybridized carbons (Fsp3) is 0.588. The van der Waals surface area contributed by atoms with Crippen LogP contribution in [0.1, 0.15) is 47.5 Å². The summed E-state index contributed by atoms with van der Waals surface area (Å²) in [6, 6.07) is 0. The van der Waals surface area contributed by atoms with Gasteiger partial charge < -0.3 is 15.0 Å². The number of thiophene rings is 1. The molecule has 0 bridgehead atoms. The molecule has 0 aliphatic heterocycles. The zero-order valence-electron chi connectivity index (χ0n) is 15.0. The van der Waals surface area contributed by atoms with Crippen molar-refractivity contribution in [2.45, 2.75) is 44.8 Å². The van der Waals surface area contributed by atoms with E-state index < -0.39 is 0 Å². The van der Waals surface area contributed by atoms with Gasteiger partial charge in [-0.05, 0) is 45.1 Å². The first-order valence-corrected chi connectivity index (χ1v) is 10.5. The van der Waals surface area contributed by atoms with E-state index in [0.717, 1.165) is 31.2 Å². The van der Waals surface area contributed by atoms with E-state index in [2.05, 4.69) is 5.32 Å². The number of esters is 1. The molecule has 1 atom stereocenters. The minimum Gasteiger partial charge on any atom is -0.462 e. The predicted molar refractivity (Wildman–Crippen MR) is 109 cm³/mol. The lowest BCUT2D eigenvalue weighted by Crippen LogP contribution is -2.27. The highest BCUT2D eigenvalue weighted by atomic mass is 32.2. The van der Waals surface area contributed by atoms with Crippen molar-refractivity contribution in [1.29, 1.82) is 0 Å². The zero-order chi connectivity index (χ0) is 18.6. The smallest absolute Gasteiger partial charge is 0.341 e. The average Bonchev–Trinajstić information content (AvgIpc) is 2.92. The number of fused-ring (bicyclic) bond motifs is 1. The second-order valence-corrected chi connectivity index (χ2v) is 9.12. The van der Waals surface area contributed by atoms with Gasteiger partial charge in [-0.15, -0.1) is 11.3 Å². The second-order valence-electron chi connectivity index (χ2n) is 6.05. The maximum absolute atomic E-state index is 12.6. The number of ether oxygens (including phenoxy) is 1. The molecule has 2 rings (SSSR count). The van der Waals surface area contributed by atoms with Crippen LogP contribution in [-0.4, -0.2) is 47.0 Å². The number of carbonyl (C=O) groups is 2. The van der Waals surface area contributed by atoms with E-state index in [4.69, 9.17) is 17.0 Å². The standard InChI is InChI=1S/C17H24N2O3S3/c1-5-22-16(21)13-11-8-6-7-9-12(11)25-15(13)18-14(20)10(2)24-17(23)19(3)4/h10H,5-9H2,1-4H3,(H,18,20)/t10-/m1/s1. The topological polar surface area (TPSA) is 58.6 Å². The monoisotopic (exact) mass is 400 g/mol. The molecule has 0 unspecified atom stereocenters. The Morgan fingerprint density at radius 1 is 1.36 bits per heavy atom. The lowest BCUT2D eigenvalue weighted by Gasteiger charge is -2.17. The van der Waals surface area contributed by atoms with Crippen molar-refractivity contribution in [3.05, 3.63) is 16.0 Å². The van der Waals surface area contributed by atoms with E-state index in [1.165, 1.54) is 28.0 Å². The summed E-state index contributed by atoms with van der Waals surface area (Å²) >= 11 is 8.08. The van der Waals surface area contributed by atoms with Crippen molar-refractivity contribution in [2.24, 2.45) is 0 Å². The van der Waals surface area contributed by atoms with E-state index in [9.17, 15) is 9.59 Å². The molecule has 138 valence electrons. The number of thiocarbonyl (C=S) groups is 1. The molecule has 1 amide bonds. The molecule has 0 aromatic carbocycles. The molecule has 0 saturated carbocycles. The number of hydrogen-bond acceptors (Lipinski definition) is 6. The van der Waals surface area contributed by atoms with Gasteiger partial charge in [0.2, 0.25) is 5.91 Å². The summed E-state index contributed by atoms with van der Waals surface area (Å²) in [5.74, 6) is -0.500. The average molecular weight is 401 g/mol. The van der Waals surface area contributed by atoms with Gasteiger partial charge in [0.1, 0.15) is 9.32 Å². The van der Waals surface area contributed by atoms with Gasteiger partial charge in [-0.25, -0.2) is 4.79 Å². The number of nitrogens with zero attached hydrogens (tertiary/aromatic N) is 1. The number of hydrogen-bond donors (Lipinski definition) is 1. The van der Waals surface area contributed by atoms with E-state index in [0.29, 0.717) is 21.5 Å². The van der Waals surface area contributed by atoms with Gasteiger partial charge in [-0.3, -0.25) is 4.79 Å². The van der Waals surface area contributed by atoms with Gasteiger partial charge in [0.25, 0.3) is 0 Å². The molecule has 25 heavy (non-hydrogen) atoms. The number of carbonyl (C=O) groups excluding carboxylic acids is 2. The highest BCUT2D eigenvalue weighted by Crippen LogP contribution is 2.38. The maximum Gasteiger partial charge on any atom is 0.341 e. The molecule has 1 aliphatic rings. The molecule has 8 heteroatoms. The van der Waals surface area contributed by atoms with Crippen molar-refractivity contribution >= 4 is 56.5 Å². The van der Waals surface area contributed by atoms with Crippen LogP contribution in [0.2, 0.25) is 0 Å². The van der Waals surface area contributed by atoms with Crippen molar-refractivity contribution in [3.63, 3.8) is 0 Å². The van der Waals surface area contributed by atoms with E-state index >= 15 is 0 Å². The summed E-state index contributed by atoms with van der Waals surface area (Å²) in [7, 11) is 3.71. The van der Waals surface area contributed by atoms with Crippen molar-refractivity contribution in [1.82, 2.24) is 4.90 Å². The van der Waals surface area contributed by atoms with Crippen LogP contribution in [0.15, 0.2) is 0 Å². The molecule has 1 N–H and O–H groups in total. The fourth-order valence-electron chi connectivity index (χ4n) is 2.60. The molecule has 5 nitrogen and oxygen atoms in total. The molecule has 0 spiro atoms. The number of aryl methyl sites for hydroxylation is 1. The lowest BCUT2D eigenvalue weighted by molar-refractivity contribution is -0.115. The molecule has 0 radical (unpaired) electrons. The summed E-state index contributed by atoms with van der Waals surface area (Å²) in [5, 5.41) is 3.20. The summed E-state index contributed by atoms with van der Waals surface area (Å²) in [6.45, 7) is 3.92. The zero-order valence-corrected chi connectivity index (χ0v) is 17.5. The van der Waals surface area contributed by atoms with Crippen LogP contribution >= 0.6 is 35.3 Å². The third kappa shape index (κ3) is 4.95. The number of anilines is 1. The van der Waals surface area contributed by atoms with Crippen LogP contribution in [0, 0.1) is 0 Å². The third-order valence-electron chi connectivity index (χ3n) is 3.90.